The topological polar surface area (TPSA) is 0 Å². The van der Waals surface area contributed by atoms with Crippen LogP contribution >= 0.6 is 69.6 Å². The summed E-state index contributed by atoms with van der Waals surface area (Å²) in [7, 11) is 0. The number of halogens is 14. The lowest BCUT2D eigenvalue weighted by atomic mass is 9.88. The highest BCUT2D eigenvalue weighted by Crippen LogP contribution is 2.66. The minimum Gasteiger partial charge on any atom is -0.220 e. The predicted octanol–water partition coefficient (Wildman–Crippen LogP) is 6.82. The van der Waals surface area contributed by atoms with Crippen molar-refractivity contribution in [2.75, 3.05) is 0 Å². The largest absolute Gasteiger partial charge is 0.434 e. The van der Waals surface area contributed by atoms with Gasteiger partial charge in [0.15, 0.2) is 4.33 Å². The third kappa shape index (κ3) is 3.33. The van der Waals surface area contributed by atoms with Crippen LogP contribution in [-0.2, 0) is 0 Å². The van der Waals surface area contributed by atoms with E-state index in [9.17, 15) is 35.1 Å². The summed E-state index contributed by atoms with van der Waals surface area (Å²) < 4.78 is 94.3. The van der Waals surface area contributed by atoms with E-state index in [4.69, 9.17) is 69.6 Å². The first-order valence-electron chi connectivity index (χ1n) is 4.55. The Morgan fingerprint density at radius 2 is 0.955 bits per heavy atom. The smallest absolute Gasteiger partial charge is 0.220 e. The maximum Gasteiger partial charge on any atom is 0.434 e. The zero-order valence-electron chi connectivity index (χ0n) is 9.45. The summed E-state index contributed by atoms with van der Waals surface area (Å²) in [5.41, 5.74) is -6.36. The molecule has 0 bridgehead atoms. The Kier molecular flexibility index (Phi) is 6.60. The van der Waals surface area contributed by atoms with Crippen molar-refractivity contribution in [3.63, 3.8) is 0 Å². The van der Waals surface area contributed by atoms with Crippen LogP contribution in [0.2, 0.25) is 0 Å². The quantitative estimate of drug-likeness (QED) is 0.319. The maximum absolute atomic E-state index is 14.0. The van der Waals surface area contributed by atoms with Crippen molar-refractivity contribution in [1.29, 1.82) is 0 Å². The number of rotatable bonds is 3. The lowest BCUT2D eigenvalue weighted by molar-refractivity contribution is -0.347. The second kappa shape index (κ2) is 6.33. The summed E-state index contributed by atoms with van der Waals surface area (Å²) in [6.45, 7) is 0. The first kappa shape index (κ1) is 22.9. The third-order valence-electron chi connectivity index (χ3n) is 2.38. The van der Waals surface area contributed by atoms with Crippen molar-refractivity contribution in [3.05, 3.63) is 12.4 Å². The van der Waals surface area contributed by atoms with E-state index in [1.807, 2.05) is 0 Å². The van der Waals surface area contributed by atoms with E-state index in [0.29, 0.717) is 0 Å². The van der Waals surface area contributed by atoms with Crippen molar-refractivity contribution in [1.82, 2.24) is 0 Å². The molecule has 132 valence electrons. The predicted molar refractivity (Wildman–Crippen MR) is 69.5 cm³/mol. The van der Waals surface area contributed by atoms with Crippen LogP contribution in [0.1, 0.15) is 0 Å². The van der Waals surface area contributed by atoms with Crippen LogP contribution < -0.4 is 0 Å². The molecule has 1 atom stereocenters. The number of hydrogen-bond acceptors (Lipinski definition) is 0. The molecule has 0 aromatic heterocycles. The van der Waals surface area contributed by atoms with Crippen molar-refractivity contribution < 1.29 is 35.1 Å². The second-order valence-electron chi connectivity index (χ2n) is 3.73. The van der Waals surface area contributed by atoms with Gasteiger partial charge < -0.3 is 0 Å². The van der Waals surface area contributed by atoms with E-state index in [2.05, 4.69) is 0 Å². The molecular formula is C8H2Cl6F8. The van der Waals surface area contributed by atoms with Crippen LogP contribution in [0.4, 0.5) is 35.1 Å². The van der Waals surface area contributed by atoms with Gasteiger partial charge in [-0.05, 0) is 6.08 Å². The Balaban J connectivity index is 6.72. The molecule has 0 aliphatic rings. The SMILES string of the molecule is FC=CC(Cl)(C(Cl)(Cl)Cl)C(Cl)(Cl)C(F)(C(F)(F)F)C(F)(F)F. The molecule has 14 heteroatoms. The van der Waals surface area contributed by atoms with Crippen molar-refractivity contribution in [3.8, 4) is 0 Å². The highest BCUT2D eigenvalue weighted by Gasteiger charge is 2.87. The van der Waals surface area contributed by atoms with Gasteiger partial charge in [-0.15, -0.1) is 11.6 Å². The number of alkyl halides is 13. The molecule has 0 heterocycles. The Hall–Kier alpha value is 0.920. The number of hydrogen-bond donors (Lipinski definition) is 0. The Bertz CT molecular complexity index is 421. The van der Waals surface area contributed by atoms with E-state index in [1.54, 1.807) is 0 Å². The molecule has 0 radical (unpaired) electrons. The molecule has 0 fully saturated rings. The molecule has 0 spiro atoms. The minimum atomic E-state index is -6.73. The first-order chi connectivity index (χ1) is 9.31. The molecule has 0 aliphatic carbocycles. The molecule has 0 aromatic carbocycles. The molecule has 0 N–H and O–H groups in total. The van der Waals surface area contributed by atoms with E-state index in [0.717, 1.165) is 0 Å². The fourth-order valence-electron chi connectivity index (χ4n) is 1.23. The normalized spacial score (nSPS) is 18.6. The summed E-state index contributed by atoms with van der Waals surface area (Å²) >= 11 is 30.5. The molecular weight excluding hydrogens is 461 g/mol. The Morgan fingerprint density at radius 3 is 1.14 bits per heavy atom. The maximum atomic E-state index is 14.0. The van der Waals surface area contributed by atoms with Crippen LogP contribution in [0.5, 0.6) is 0 Å². The van der Waals surface area contributed by atoms with Crippen molar-refractivity contribution in [2.24, 2.45) is 0 Å². The van der Waals surface area contributed by atoms with E-state index >= 15 is 0 Å². The summed E-state index contributed by atoms with van der Waals surface area (Å²) in [4.78, 5) is -3.79. The van der Waals surface area contributed by atoms with Gasteiger partial charge in [0, 0.05) is 0 Å². The van der Waals surface area contributed by atoms with E-state index < -0.39 is 37.4 Å². The highest BCUT2D eigenvalue weighted by atomic mass is 35.6. The lowest BCUT2D eigenvalue weighted by Gasteiger charge is -2.47. The highest BCUT2D eigenvalue weighted by molar-refractivity contribution is 6.73. The molecule has 0 aromatic rings. The molecule has 22 heavy (non-hydrogen) atoms. The molecule has 1 unspecified atom stereocenters. The molecule has 0 aliphatic heterocycles. The van der Waals surface area contributed by atoms with Gasteiger partial charge in [0.2, 0.25) is 3.79 Å². The average Bonchev–Trinajstić information content (AvgIpc) is 2.22. The molecule has 0 saturated carbocycles. The third-order valence-corrected chi connectivity index (χ3v) is 5.56. The zero-order chi connectivity index (χ0) is 18.4. The van der Waals surface area contributed by atoms with Gasteiger partial charge in [-0.1, -0.05) is 58.0 Å². The summed E-state index contributed by atoms with van der Waals surface area (Å²) in [6, 6.07) is 0. The van der Waals surface area contributed by atoms with Gasteiger partial charge in [0.1, 0.15) is 4.87 Å². The molecule has 0 rings (SSSR count). The van der Waals surface area contributed by atoms with Gasteiger partial charge >= 0.3 is 18.0 Å². The fourth-order valence-corrected chi connectivity index (χ4v) is 3.15. The summed E-state index contributed by atoms with van der Waals surface area (Å²) in [5, 5.41) is 0. The minimum absolute atomic E-state index is 0.340. The van der Waals surface area contributed by atoms with E-state index in [1.165, 1.54) is 0 Å². The van der Waals surface area contributed by atoms with Crippen LogP contribution in [0, 0.1) is 0 Å². The van der Waals surface area contributed by atoms with Crippen molar-refractivity contribution >= 4 is 69.6 Å². The molecule has 0 nitrogen and oxygen atoms in total. The summed E-state index contributed by atoms with van der Waals surface area (Å²) in [6.07, 6.45) is -14.5. The van der Waals surface area contributed by atoms with Gasteiger partial charge in [0.25, 0.3) is 0 Å². The monoisotopic (exact) mass is 460 g/mol. The number of allylic oxidation sites excluding steroid dienone is 1. The standard InChI is InChI=1S/C8H2Cl6F8/c9-3(1-2-15,6(12,13)14)5(10,11)4(16,7(17,18)19)8(20,21)22/h1-2H. The summed E-state index contributed by atoms with van der Waals surface area (Å²) in [5.74, 6) is 0. The van der Waals surface area contributed by atoms with E-state index in [-0.39, 0.29) is 6.08 Å². The zero-order valence-corrected chi connectivity index (χ0v) is 14.0. The van der Waals surface area contributed by atoms with Gasteiger partial charge in [0.05, 0.1) is 6.33 Å². The molecule has 0 amide bonds. The van der Waals surface area contributed by atoms with Crippen LogP contribution in [0.25, 0.3) is 0 Å². The van der Waals surface area contributed by atoms with Crippen LogP contribution in [0.3, 0.4) is 0 Å². The lowest BCUT2D eigenvalue weighted by Crippen LogP contribution is -2.71. The van der Waals surface area contributed by atoms with Gasteiger partial charge in [-0.3, -0.25) is 0 Å². The first-order valence-corrected chi connectivity index (χ1v) is 6.81. The van der Waals surface area contributed by atoms with Crippen LogP contribution in [-0.4, -0.2) is 31.0 Å². The fraction of sp³-hybridized carbons (Fsp3) is 0.750. The van der Waals surface area contributed by atoms with Crippen LogP contribution in [0.15, 0.2) is 12.4 Å². The Morgan fingerprint density at radius 1 is 0.636 bits per heavy atom. The van der Waals surface area contributed by atoms with Crippen molar-refractivity contribution in [2.45, 2.75) is 31.0 Å². The van der Waals surface area contributed by atoms with Gasteiger partial charge in [-0.25, -0.2) is 8.78 Å². The molecule has 0 saturated heterocycles. The second-order valence-corrected chi connectivity index (χ2v) is 7.94. The Labute approximate surface area is 148 Å². The van der Waals surface area contributed by atoms with Gasteiger partial charge in [-0.2, -0.15) is 26.3 Å². The average molecular weight is 463 g/mol.